The molecule has 1 aromatic carbocycles. The molecule has 3 rings (SSSR count). The molecule has 3 atom stereocenters. The zero-order chi connectivity index (χ0) is 21.6. The van der Waals surface area contributed by atoms with Gasteiger partial charge in [0.1, 0.15) is 5.82 Å². The van der Waals surface area contributed by atoms with Gasteiger partial charge in [-0.15, -0.1) is 0 Å². The number of ether oxygens (including phenoxy) is 1. The van der Waals surface area contributed by atoms with Crippen molar-refractivity contribution in [2.75, 3.05) is 13.2 Å². The van der Waals surface area contributed by atoms with Gasteiger partial charge in [0.15, 0.2) is 0 Å². The fourth-order valence-corrected chi connectivity index (χ4v) is 5.58. The van der Waals surface area contributed by atoms with Crippen molar-refractivity contribution < 1.29 is 27.4 Å². The summed E-state index contributed by atoms with van der Waals surface area (Å²) in [7, 11) is -3.92. The summed E-state index contributed by atoms with van der Waals surface area (Å²) in [6.45, 7) is 0.166. The van der Waals surface area contributed by atoms with Gasteiger partial charge in [-0.05, 0) is 50.3 Å². The highest BCUT2D eigenvalue weighted by atomic mass is 32.2. The van der Waals surface area contributed by atoms with Crippen LogP contribution in [0.5, 0.6) is 0 Å². The van der Waals surface area contributed by atoms with E-state index in [2.05, 4.69) is 10.0 Å². The summed E-state index contributed by atoms with van der Waals surface area (Å²) in [6.07, 6.45) is 6.16. The minimum absolute atomic E-state index is 0.102. The number of carbonyl (C=O) groups excluding carboxylic acids is 1. The number of hydrogen-bond acceptors (Lipinski definition) is 5. The summed E-state index contributed by atoms with van der Waals surface area (Å²) >= 11 is 0. The van der Waals surface area contributed by atoms with Gasteiger partial charge in [-0.25, -0.2) is 17.5 Å². The molecule has 1 aliphatic heterocycles. The monoisotopic (exact) mass is 442 g/mol. The van der Waals surface area contributed by atoms with Gasteiger partial charge in [0.05, 0.1) is 29.8 Å². The molecular formula is C21H31FN2O5S. The van der Waals surface area contributed by atoms with Crippen LogP contribution in [0.25, 0.3) is 0 Å². The third kappa shape index (κ3) is 6.23. The molecule has 2 fully saturated rings. The Morgan fingerprint density at radius 2 is 1.93 bits per heavy atom. The second-order valence-electron chi connectivity index (χ2n) is 8.16. The van der Waals surface area contributed by atoms with E-state index >= 15 is 0 Å². The lowest BCUT2D eigenvalue weighted by Crippen LogP contribution is -2.51. The van der Waals surface area contributed by atoms with Crippen LogP contribution in [-0.2, 0) is 19.6 Å². The van der Waals surface area contributed by atoms with Crippen molar-refractivity contribution in [2.24, 2.45) is 5.92 Å². The predicted octanol–water partition coefficient (Wildman–Crippen LogP) is 2.10. The molecule has 30 heavy (non-hydrogen) atoms. The van der Waals surface area contributed by atoms with E-state index < -0.39 is 28.0 Å². The Morgan fingerprint density at radius 3 is 2.63 bits per heavy atom. The number of halogens is 1. The maximum atomic E-state index is 13.4. The number of carbonyl (C=O) groups is 1. The van der Waals surface area contributed by atoms with Gasteiger partial charge in [0.25, 0.3) is 0 Å². The molecule has 1 saturated heterocycles. The Balaban J connectivity index is 1.48. The van der Waals surface area contributed by atoms with Crippen LogP contribution in [-0.4, -0.2) is 50.8 Å². The first-order chi connectivity index (χ1) is 14.4. The number of nitrogens with one attached hydrogen (secondary N) is 2. The van der Waals surface area contributed by atoms with Crippen LogP contribution < -0.4 is 10.0 Å². The zero-order valence-electron chi connectivity index (χ0n) is 17.1. The second-order valence-corrected chi connectivity index (χ2v) is 9.87. The van der Waals surface area contributed by atoms with E-state index in [0.29, 0.717) is 25.8 Å². The van der Waals surface area contributed by atoms with Gasteiger partial charge >= 0.3 is 0 Å². The number of amides is 1. The summed E-state index contributed by atoms with van der Waals surface area (Å²) in [6, 6.07) is 4.19. The number of rotatable bonds is 8. The first-order valence-electron chi connectivity index (χ1n) is 10.7. The van der Waals surface area contributed by atoms with E-state index in [0.717, 1.165) is 31.7 Å². The SMILES string of the molecule is O=C(NCC[C@H]1CC[C@H](NS(=O)(=O)c2cccc(F)c2)[C@@H](CO)O1)C1CCCCC1. The quantitative estimate of drug-likeness (QED) is 0.572. The van der Waals surface area contributed by atoms with Crippen molar-refractivity contribution in [3.63, 3.8) is 0 Å². The Morgan fingerprint density at radius 1 is 1.17 bits per heavy atom. The Bertz CT molecular complexity index is 813. The summed E-state index contributed by atoms with van der Waals surface area (Å²) < 4.78 is 46.8. The molecule has 0 unspecified atom stereocenters. The molecule has 0 spiro atoms. The number of aliphatic hydroxyl groups is 1. The average Bonchev–Trinajstić information content (AvgIpc) is 2.75. The Kier molecular flexibility index (Phi) is 8.21. The summed E-state index contributed by atoms with van der Waals surface area (Å²) in [5.74, 6) is -0.422. The van der Waals surface area contributed by atoms with Crippen LogP contribution in [0.3, 0.4) is 0 Å². The van der Waals surface area contributed by atoms with Gasteiger partial charge in [0.2, 0.25) is 15.9 Å². The van der Waals surface area contributed by atoms with Crippen molar-refractivity contribution in [1.82, 2.24) is 10.0 Å². The van der Waals surface area contributed by atoms with Crippen LogP contribution in [0.4, 0.5) is 4.39 Å². The van der Waals surface area contributed by atoms with Crippen LogP contribution in [0.15, 0.2) is 29.2 Å². The van der Waals surface area contributed by atoms with Crippen molar-refractivity contribution >= 4 is 15.9 Å². The van der Waals surface area contributed by atoms with Gasteiger partial charge in [-0.3, -0.25) is 4.79 Å². The highest BCUT2D eigenvalue weighted by Crippen LogP contribution is 2.25. The molecule has 1 saturated carbocycles. The molecule has 1 heterocycles. The molecule has 1 aromatic rings. The Hall–Kier alpha value is -1.55. The van der Waals surface area contributed by atoms with Gasteiger partial charge < -0.3 is 15.2 Å². The molecule has 1 aliphatic carbocycles. The van der Waals surface area contributed by atoms with Crippen LogP contribution in [0.2, 0.25) is 0 Å². The molecule has 9 heteroatoms. The van der Waals surface area contributed by atoms with E-state index in [4.69, 9.17) is 4.74 Å². The maximum absolute atomic E-state index is 13.4. The molecule has 0 bridgehead atoms. The maximum Gasteiger partial charge on any atom is 0.241 e. The number of aliphatic hydroxyl groups excluding tert-OH is 1. The number of hydrogen-bond donors (Lipinski definition) is 3. The second kappa shape index (κ2) is 10.7. The standard InChI is InChI=1S/C21H31FN2O5S/c22-16-7-4-8-18(13-16)30(27,28)24-19-10-9-17(29-20(19)14-25)11-12-23-21(26)15-5-2-1-3-6-15/h4,7-8,13,15,17,19-20,24-25H,1-3,5-6,9-12,14H2,(H,23,26)/t17-,19+,20-/m1/s1. The topological polar surface area (TPSA) is 105 Å². The zero-order valence-corrected chi connectivity index (χ0v) is 17.9. The van der Waals surface area contributed by atoms with Crippen LogP contribution in [0.1, 0.15) is 51.4 Å². The van der Waals surface area contributed by atoms with E-state index in [1.54, 1.807) is 0 Å². The fourth-order valence-electron chi connectivity index (χ4n) is 4.25. The fraction of sp³-hybridized carbons (Fsp3) is 0.667. The molecule has 168 valence electrons. The van der Waals surface area contributed by atoms with Crippen LogP contribution >= 0.6 is 0 Å². The third-order valence-corrected chi connectivity index (χ3v) is 7.44. The predicted molar refractivity (Wildman–Crippen MR) is 110 cm³/mol. The van der Waals surface area contributed by atoms with Crippen LogP contribution in [0, 0.1) is 11.7 Å². The van der Waals surface area contributed by atoms with E-state index in [9.17, 15) is 22.7 Å². The molecule has 0 radical (unpaired) electrons. The number of benzene rings is 1. The average molecular weight is 443 g/mol. The van der Waals surface area contributed by atoms with Gasteiger partial charge in [-0.2, -0.15) is 0 Å². The summed E-state index contributed by atoms with van der Waals surface area (Å²) in [5, 5.41) is 12.7. The minimum Gasteiger partial charge on any atom is -0.394 e. The van der Waals surface area contributed by atoms with Gasteiger partial charge in [-0.1, -0.05) is 25.3 Å². The molecule has 1 amide bonds. The smallest absolute Gasteiger partial charge is 0.241 e. The lowest BCUT2D eigenvalue weighted by molar-refractivity contribution is -0.126. The first kappa shape index (κ1) is 23.1. The van der Waals surface area contributed by atoms with Crippen molar-refractivity contribution in [1.29, 1.82) is 0 Å². The molecular weight excluding hydrogens is 411 g/mol. The summed E-state index contributed by atoms with van der Waals surface area (Å²) in [4.78, 5) is 12.1. The molecule has 2 aliphatic rings. The Labute approximate surface area is 177 Å². The van der Waals surface area contributed by atoms with Gasteiger partial charge in [0, 0.05) is 12.5 Å². The lowest BCUT2D eigenvalue weighted by atomic mass is 9.88. The van der Waals surface area contributed by atoms with Crippen molar-refractivity contribution in [3.8, 4) is 0 Å². The highest BCUT2D eigenvalue weighted by Gasteiger charge is 2.34. The van der Waals surface area contributed by atoms with E-state index in [1.165, 1.54) is 24.6 Å². The molecule has 0 aromatic heterocycles. The minimum atomic E-state index is -3.92. The number of sulfonamides is 1. The van der Waals surface area contributed by atoms with E-state index in [1.807, 2.05) is 0 Å². The van der Waals surface area contributed by atoms with Crippen molar-refractivity contribution in [3.05, 3.63) is 30.1 Å². The molecule has 3 N–H and O–H groups in total. The normalized spacial score (nSPS) is 25.7. The lowest BCUT2D eigenvalue weighted by Gasteiger charge is -2.36. The first-order valence-corrected chi connectivity index (χ1v) is 12.2. The largest absolute Gasteiger partial charge is 0.394 e. The summed E-state index contributed by atoms with van der Waals surface area (Å²) in [5.41, 5.74) is 0. The third-order valence-electron chi connectivity index (χ3n) is 5.95. The highest BCUT2D eigenvalue weighted by molar-refractivity contribution is 7.89. The van der Waals surface area contributed by atoms with Crippen molar-refractivity contribution in [2.45, 2.75) is 74.5 Å². The van der Waals surface area contributed by atoms with E-state index in [-0.39, 0.29) is 29.4 Å². The molecule has 7 nitrogen and oxygen atoms in total.